The van der Waals surface area contributed by atoms with Crippen molar-refractivity contribution in [1.29, 1.82) is 0 Å². The van der Waals surface area contributed by atoms with E-state index in [0.29, 0.717) is 5.92 Å². The summed E-state index contributed by atoms with van der Waals surface area (Å²) < 4.78 is 1.77. The fraction of sp³-hybridized carbons (Fsp3) is 0.500. The summed E-state index contributed by atoms with van der Waals surface area (Å²) in [6.45, 7) is 4.08. The van der Waals surface area contributed by atoms with Crippen molar-refractivity contribution in [2.45, 2.75) is 19.8 Å². The Hall–Kier alpha value is -0.760. The van der Waals surface area contributed by atoms with Crippen LogP contribution in [0.2, 0.25) is 0 Å². The number of nitrogens with zero attached hydrogens (tertiary/aromatic N) is 4. The maximum Gasteiger partial charge on any atom is 0.170 e. The first-order chi connectivity index (χ1) is 5.20. The molecule has 0 radical (unpaired) electrons. The number of fused-ring (bicyclic) bond motifs is 1. The van der Waals surface area contributed by atoms with E-state index in [1.54, 1.807) is 4.68 Å². The highest BCUT2D eigenvalue weighted by Gasteiger charge is 2.23. The lowest BCUT2D eigenvalue weighted by atomic mass is 10.1. The normalized spacial score (nSPS) is 21.7. The molecule has 58 valence electrons. The average molecular weight is 168 g/mol. The second-order valence-corrected chi connectivity index (χ2v) is 3.21. The molecule has 1 aromatic rings. The highest BCUT2D eigenvalue weighted by atomic mass is 31.0. The van der Waals surface area contributed by atoms with Gasteiger partial charge in [0.25, 0.3) is 0 Å². The van der Waals surface area contributed by atoms with Crippen LogP contribution in [0.1, 0.15) is 25.6 Å². The van der Waals surface area contributed by atoms with Crippen LogP contribution >= 0.6 is 9.24 Å². The van der Waals surface area contributed by atoms with Gasteiger partial charge in [-0.2, -0.15) is 9.78 Å². The third kappa shape index (κ3) is 0.824. The van der Waals surface area contributed by atoms with Gasteiger partial charge in [-0.1, -0.05) is 9.24 Å². The summed E-state index contributed by atoms with van der Waals surface area (Å²) >= 11 is 0. The SMILES string of the molecule is CC1=Nn2c(P)nnc2C1C. The summed E-state index contributed by atoms with van der Waals surface area (Å²) in [6.07, 6.45) is 0. The Labute approximate surface area is 66.9 Å². The molecule has 2 atom stereocenters. The Morgan fingerprint density at radius 1 is 1.45 bits per heavy atom. The minimum Gasteiger partial charge on any atom is -0.197 e. The predicted octanol–water partition coefficient (Wildman–Crippen LogP) is 0.120. The lowest BCUT2D eigenvalue weighted by molar-refractivity contribution is 0.831. The molecule has 4 nitrogen and oxygen atoms in total. The van der Waals surface area contributed by atoms with E-state index < -0.39 is 0 Å². The number of rotatable bonds is 0. The molecule has 0 bridgehead atoms. The zero-order chi connectivity index (χ0) is 8.01. The van der Waals surface area contributed by atoms with Crippen molar-refractivity contribution in [2.24, 2.45) is 5.10 Å². The Morgan fingerprint density at radius 2 is 2.18 bits per heavy atom. The van der Waals surface area contributed by atoms with Crippen LogP contribution in [-0.4, -0.2) is 20.6 Å². The second kappa shape index (κ2) is 2.11. The van der Waals surface area contributed by atoms with Crippen molar-refractivity contribution >= 4 is 20.5 Å². The molecule has 1 aromatic heterocycles. The molecule has 0 aliphatic carbocycles. The van der Waals surface area contributed by atoms with E-state index in [4.69, 9.17) is 0 Å². The van der Waals surface area contributed by atoms with Crippen LogP contribution in [0.3, 0.4) is 0 Å². The molecule has 1 aliphatic rings. The molecule has 0 spiro atoms. The van der Waals surface area contributed by atoms with Crippen molar-refractivity contribution < 1.29 is 0 Å². The standard InChI is InChI=1S/C6H9N4P/c1-3-4(2)9-10-5(3)7-8-6(10)11/h3H,11H2,1-2H3. The highest BCUT2D eigenvalue weighted by Crippen LogP contribution is 2.20. The van der Waals surface area contributed by atoms with Gasteiger partial charge in [-0.25, -0.2) is 0 Å². The predicted molar refractivity (Wildman–Crippen MR) is 46.3 cm³/mol. The van der Waals surface area contributed by atoms with Crippen LogP contribution in [0.25, 0.3) is 0 Å². The van der Waals surface area contributed by atoms with Gasteiger partial charge in [0.05, 0.1) is 5.92 Å². The fourth-order valence-corrected chi connectivity index (χ4v) is 1.36. The summed E-state index contributed by atoms with van der Waals surface area (Å²) in [4.78, 5) is 0. The molecular formula is C6H9N4P. The van der Waals surface area contributed by atoms with Gasteiger partial charge in [0.1, 0.15) is 0 Å². The molecule has 0 amide bonds. The Kier molecular flexibility index (Phi) is 1.33. The second-order valence-electron chi connectivity index (χ2n) is 2.69. The summed E-state index contributed by atoms with van der Waals surface area (Å²) in [7, 11) is 2.51. The topological polar surface area (TPSA) is 43.1 Å². The van der Waals surface area contributed by atoms with Gasteiger partial charge in [-0.15, -0.1) is 10.2 Å². The van der Waals surface area contributed by atoms with Gasteiger partial charge in [0.2, 0.25) is 0 Å². The van der Waals surface area contributed by atoms with Crippen molar-refractivity contribution in [3.05, 3.63) is 5.82 Å². The third-order valence-corrected chi connectivity index (χ3v) is 2.32. The number of hydrogen-bond donors (Lipinski definition) is 0. The van der Waals surface area contributed by atoms with Gasteiger partial charge in [0.15, 0.2) is 11.4 Å². The van der Waals surface area contributed by atoms with E-state index in [0.717, 1.165) is 17.1 Å². The highest BCUT2D eigenvalue weighted by molar-refractivity contribution is 7.26. The molecule has 0 fully saturated rings. The molecule has 2 heterocycles. The Bertz CT molecular complexity index is 327. The van der Waals surface area contributed by atoms with Crippen LogP contribution in [0, 0.1) is 0 Å². The first-order valence-electron chi connectivity index (χ1n) is 3.46. The van der Waals surface area contributed by atoms with E-state index in [9.17, 15) is 0 Å². The lowest BCUT2D eigenvalue weighted by Gasteiger charge is -1.95. The summed E-state index contributed by atoms with van der Waals surface area (Å²) in [5.74, 6) is 1.25. The van der Waals surface area contributed by atoms with Crippen LogP contribution < -0.4 is 5.57 Å². The smallest absolute Gasteiger partial charge is 0.170 e. The molecule has 0 aromatic carbocycles. The van der Waals surface area contributed by atoms with Crippen molar-refractivity contribution in [3.8, 4) is 0 Å². The molecule has 2 unspecified atom stereocenters. The monoisotopic (exact) mass is 168 g/mol. The van der Waals surface area contributed by atoms with Gasteiger partial charge >= 0.3 is 0 Å². The van der Waals surface area contributed by atoms with Crippen molar-refractivity contribution in [3.63, 3.8) is 0 Å². The molecule has 0 saturated carbocycles. The van der Waals surface area contributed by atoms with E-state index >= 15 is 0 Å². The van der Waals surface area contributed by atoms with Crippen LogP contribution in [0.15, 0.2) is 5.10 Å². The Morgan fingerprint density at radius 3 is 2.82 bits per heavy atom. The van der Waals surface area contributed by atoms with Gasteiger partial charge < -0.3 is 0 Å². The first kappa shape index (κ1) is 6.92. The Balaban J connectivity index is 2.61. The average Bonchev–Trinajstić information content (AvgIpc) is 2.43. The quantitative estimate of drug-likeness (QED) is 0.516. The maximum absolute atomic E-state index is 4.28. The number of hydrogen-bond acceptors (Lipinski definition) is 3. The van der Waals surface area contributed by atoms with Gasteiger partial charge in [-0.05, 0) is 13.8 Å². The summed E-state index contributed by atoms with van der Waals surface area (Å²) in [5, 5.41) is 12.2. The molecule has 2 rings (SSSR count). The number of aromatic nitrogens is 3. The van der Waals surface area contributed by atoms with Crippen molar-refractivity contribution in [2.75, 3.05) is 0 Å². The molecule has 0 N–H and O–H groups in total. The minimum atomic E-state index is 0.316. The van der Waals surface area contributed by atoms with E-state index in [-0.39, 0.29) is 0 Å². The largest absolute Gasteiger partial charge is 0.197 e. The van der Waals surface area contributed by atoms with Crippen molar-refractivity contribution in [1.82, 2.24) is 14.9 Å². The van der Waals surface area contributed by atoms with Crippen LogP contribution in [-0.2, 0) is 0 Å². The maximum atomic E-state index is 4.28. The van der Waals surface area contributed by atoms with Crippen LogP contribution in [0.4, 0.5) is 0 Å². The zero-order valence-corrected chi connectivity index (χ0v) is 7.60. The molecule has 0 saturated heterocycles. The van der Waals surface area contributed by atoms with E-state index in [2.05, 4.69) is 31.5 Å². The van der Waals surface area contributed by atoms with Gasteiger partial charge in [-0.3, -0.25) is 0 Å². The van der Waals surface area contributed by atoms with Gasteiger partial charge in [0, 0.05) is 5.71 Å². The van der Waals surface area contributed by atoms with E-state index in [1.165, 1.54) is 0 Å². The zero-order valence-electron chi connectivity index (χ0n) is 6.44. The third-order valence-electron chi connectivity index (χ3n) is 1.96. The lowest BCUT2D eigenvalue weighted by Crippen LogP contribution is -2.05. The molecule has 5 heteroatoms. The summed E-state index contributed by atoms with van der Waals surface area (Å²) in [6, 6.07) is 0. The minimum absolute atomic E-state index is 0.316. The first-order valence-corrected chi connectivity index (χ1v) is 4.04. The molecule has 11 heavy (non-hydrogen) atoms. The van der Waals surface area contributed by atoms with E-state index in [1.807, 2.05) is 6.92 Å². The molecular weight excluding hydrogens is 159 g/mol. The summed E-state index contributed by atoms with van der Waals surface area (Å²) in [5.41, 5.74) is 1.88. The fourth-order valence-electron chi connectivity index (χ4n) is 1.11. The molecule has 1 aliphatic heterocycles. The van der Waals surface area contributed by atoms with Crippen LogP contribution in [0.5, 0.6) is 0 Å².